The minimum atomic E-state index is -3.07. The van der Waals surface area contributed by atoms with Gasteiger partial charge in [-0.05, 0) is 23.3 Å². The molecule has 0 amide bonds. The highest BCUT2D eigenvalue weighted by molar-refractivity contribution is 7.67. The molecule has 1 saturated heterocycles. The van der Waals surface area contributed by atoms with Gasteiger partial charge in [0.25, 0.3) is 7.37 Å². The van der Waals surface area contributed by atoms with Crippen LogP contribution in [0.25, 0.3) is 0 Å². The fraction of sp³-hybridized carbons (Fsp3) is 0.143. The van der Waals surface area contributed by atoms with E-state index < -0.39 is 7.37 Å². The van der Waals surface area contributed by atoms with Crippen molar-refractivity contribution in [2.75, 3.05) is 6.61 Å². The van der Waals surface area contributed by atoms with Crippen molar-refractivity contribution >= 4 is 12.7 Å². The zero-order chi connectivity index (χ0) is 17.1. The Balaban J connectivity index is 1.75. The Morgan fingerprint density at radius 2 is 1.28 bits per heavy atom. The summed E-state index contributed by atoms with van der Waals surface area (Å²) in [7, 11) is -3.07. The van der Waals surface area contributed by atoms with E-state index in [1.807, 2.05) is 78.9 Å². The maximum Gasteiger partial charge on any atom is 0.253 e. The van der Waals surface area contributed by atoms with E-state index in [4.69, 9.17) is 4.52 Å². The van der Waals surface area contributed by atoms with Gasteiger partial charge < -0.3 is 4.52 Å². The first kappa shape index (κ1) is 16.3. The van der Waals surface area contributed by atoms with Crippen LogP contribution >= 0.6 is 7.37 Å². The van der Waals surface area contributed by atoms with E-state index in [2.05, 4.69) is 17.4 Å². The molecule has 1 fully saturated rings. The standard InChI is InChI=1S/C21H20NO2P/c23-25(19-14-8-3-9-15-19)21(18-12-6-2-7-13-18)22-20(16-24-25)17-10-4-1-5-11-17/h1-15,20-22H,16H2/t20-,21+,25-/m1/s1. The van der Waals surface area contributed by atoms with E-state index in [1.165, 1.54) is 0 Å². The van der Waals surface area contributed by atoms with Crippen molar-refractivity contribution in [3.63, 3.8) is 0 Å². The van der Waals surface area contributed by atoms with Gasteiger partial charge >= 0.3 is 0 Å². The molecule has 3 aromatic carbocycles. The van der Waals surface area contributed by atoms with E-state index in [9.17, 15) is 4.57 Å². The average molecular weight is 349 g/mol. The van der Waals surface area contributed by atoms with Crippen molar-refractivity contribution in [3.8, 4) is 0 Å². The fourth-order valence-electron chi connectivity index (χ4n) is 3.26. The first-order valence-corrected chi connectivity index (χ1v) is 10.1. The number of nitrogens with one attached hydrogen (secondary N) is 1. The molecule has 25 heavy (non-hydrogen) atoms. The molecule has 3 atom stereocenters. The lowest BCUT2D eigenvalue weighted by Crippen LogP contribution is -2.37. The Morgan fingerprint density at radius 1 is 0.760 bits per heavy atom. The summed E-state index contributed by atoms with van der Waals surface area (Å²) >= 11 is 0. The fourth-order valence-corrected chi connectivity index (χ4v) is 5.76. The number of benzene rings is 3. The van der Waals surface area contributed by atoms with Crippen LogP contribution in [0.3, 0.4) is 0 Å². The van der Waals surface area contributed by atoms with Gasteiger partial charge in [0.2, 0.25) is 0 Å². The van der Waals surface area contributed by atoms with Gasteiger partial charge in [-0.15, -0.1) is 0 Å². The molecule has 1 aliphatic rings. The van der Waals surface area contributed by atoms with Crippen LogP contribution in [0.5, 0.6) is 0 Å². The summed E-state index contributed by atoms with van der Waals surface area (Å²) in [4.78, 5) is 0. The molecule has 1 N–H and O–H groups in total. The molecule has 0 aromatic heterocycles. The quantitative estimate of drug-likeness (QED) is 0.700. The molecule has 3 aromatic rings. The van der Waals surface area contributed by atoms with Crippen molar-refractivity contribution < 1.29 is 9.09 Å². The molecule has 0 unspecified atom stereocenters. The van der Waals surface area contributed by atoms with E-state index in [1.54, 1.807) is 0 Å². The van der Waals surface area contributed by atoms with Crippen LogP contribution in [0.15, 0.2) is 91.0 Å². The molecular formula is C21H20NO2P. The highest BCUT2D eigenvalue weighted by Crippen LogP contribution is 2.60. The first-order valence-electron chi connectivity index (χ1n) is 8.43. The Hall–Kier alpha value is -2.19. The van der Waals surface area contributed by atoms with E-state index in [-0.39, 0.29) is 11.8 Å². The van der Waals surface area contributed by atoms with Crippen molar-refractivity contribution in [2.24, 2.45) is 0 Å². The zero-order valence-electron chi connectivity index (χ0n) is 13.8. The zero-order valence-corrected chi connectivity index (χ0v) is 14.7. The predicted octanol–water partition coefficient (Wildman–Crippen LogP) is 4.65. The lowest BCUT2D eigenvalue weighted by Gasteiger charge is -2.38. The predicted molar refractivity (Wildman–Crippen MR) is 101 cm³/mol. The molecule has 0 saturated carbocycles. The van der Waals surface area contributed by atoms with Crippen molar-refractivity contribution in [1.82, 2.24) is 5.32 Å². The Bertz CT molecular complexity index is 868. The smallest absolute Gasteiger partial charge is 0.253 e. The highest BCUT2D eigenvalue weighted by Gasteiger charge is 2.43. The number of rotatable bonds is 3. The van der Waals surface area contributed by atoms with Gasteiger partial charge in [0.1, 0.15) is 5.78 Å². The normalized spacial score (nSPS) is 26.2. The Kier molecular flexibility index (Phi) is 4.54. The van der Waals surface area contributed by atoms with Crippen molar-refractivity contribution in [2.45, 2.75) is 11.8 Å². The van der Waals surface area contributed by atoms with E-state index >= 15 is 0 Å². The maximum atomic E-state index is 13.9. The Labute approximate surface area is 148 Å². The van der Waals surface area contributed by atoms with Gasteiger partial charge in [0, 0.05) is 5.30 Å². The monoisotopic (exact) mass is 349 g/mol. The average Bonchev–Trinajstić information content (AvgIpc) is 2.70. The van der Waals surface area contributed by atoms with Gasteiger partial charge in [-0.25, -0.2) is 0 Å². The van der Waals surface area contributed by atoms with E-state index in [0.29, 0.717) is 6.61 Å². The van der Waals surface area contributed by atoms with Crippen LogP contribution in [0.2, 0.25) is 0 Å². The minimum absolute atomic E-state index is 0.0113. The summed E-state index contributed by atoms with van der Waals surface area (Å²) in [6.07, 6.45) is 0. The van der Waals surface area contributed by atoms with Gasteiger partial charge in [0.05, 0.1) is 12.6 Å². The van der Waals surface area contributed by atoms with Gasteiger partial charge in [-0.2, -0.15) is 0 Å². The molecular weight excluding hydrogens is 329 g/mol. The van der Waals surface area contributed by atoms with Crippen LogP contribution in [0.1, 0.15) is 23.0 Å². The summed E-state index contributed by atoms with van der Waals surface area (Å²) in [6.45, 7) is 0.388. The third kappa shape index (κ3) is 3.19. The molecule has 4 rings (SSSR count). The first-order chi connectivity index (χ1) is 12.3. The van der Waals surface area contributed by atoms with Crippen LogP contribution in [-0.4, -0.2) is 6.61 Å². The molecule has 1 aliphatic heterocycles. The van der Waals surface area contributed by atoms with Crippen LogP contribution in [0.4, 0.5) is 0 Å². The third-order valence-corrected chi connectivity index (χ3v) is 7.24. The molecule has 3 nitrogen and oxygen atoms in total. The van der Waals surface area contributed by atoms with E-state index in [0.717, 1.165) is 16.4 Å². The van der Waals surface area contributed by atoms with Gasteiger partial charge in [-0.1, -0.05) is 78.9 Å². The number of hydrogen-bond donors (Lipinski definition) is 1. The Morgan fingerprint density at radius 3 is 1.88 bits per heavy atom. The molecule has 4 heteroatoms. The molecule has 0 aliphatic carbocycles. The lowest BCUT2D eigenvalue weighted by atomic mass is 10.1. The molecule has 1 heterocycles. The summed E-state index contributed by atoms with van der Waals surface area (Å²) in [5, 5.41) is 4.34. The van der Waals surface area contributed by atoms with Gasteiger partial charge in [0.15, 0.2) is 0 Å². The van der Waals surface area contributed by atoms with Gasteiger partial charge in [-0.3, -0.25) is 9.88 Å². The summed E-state index contributed by atoms with van der Waals surface area (Å²) in [5.74, 6) is -0.366. The van der Waals surface area contributed by atoms with Crippen LogP contribution in [-0.2, 0) is 9.09 Å². The van der Waals surface area contributed by atoms with Crippen molar-refractivity contribution in [3.05, 3.63) is 102 Å². The summed E-state index contributed by atoms with van der Waals surface area (Å²) < 4.78 is 19.9. The SMILES string of the molecule is O=[P@]1(c2ccccc2)OC[C@H](c2ccccc2)N[C@@H]1c1ccccc1. The second-order valence-corrected chi connectivity index (χ2v) is 8.66. The third-order valence-electron chi connectivity index (χ3n) is 4.57. The number of hydrogen-bond acceptors (Lipinski definition) is 3. The van der Waals surface area contributed by atoms with Crippen molar-refractivity contribution in [1.29, 1.82) is 0 Å². The minimum Gasteiger partial charge on any atom is -0.322 e. The molecule has 0 spiro atoms. The molecule has 0 radical (unpaired) electrons. The maximum absolute atomic E-state index is 13.9. The summed E-state index contributed by atoms with van der Waals surface area (Å²) in [6, 6.07) is 29.6. The largest absolute Gasteiger partial charge is 0.322 e. The molecule has 126 valence electrons. The van der Waals surface area contributed by atoms with Crippen LogP contribution in [0, 0.1) is 0 Å². The lowest BCUT2D eigenvalue weighted by molar-refractivity contribution is 0.227. The second kappa shape index (κ2) is 6.97. The van der Waals surface area contributed by atoms with Crippen LogP contribution < -0.4 is 10.6 Å². The summed E-state index contributed by atoms with van der Waals surface area (Å²) in [5.41, 5.74) is 2.12. The topological polar surface area (TPSA) is 38.3 Å². The molecule has 0 bridgehead atoms. The second-order valence-electron chi connectivity index (χ2n) is 6.17. The highest BCUT2D eigenvalue weighted by atomic mass is 31.2.